The maximum absolute atomic E-state index is 12.1. The molecule has 0 bridgehead atoms. The Morgan fingerprint density at radius 2 is 2.25 bits per heavy atom. The molecule has 16 heavy (non-hydrogen) atoms. The van der Waals surface area contributed by atoms with E-state index in [1.54, 1.807) is 4.90 Å². The van der Waals surface area contributed by atoms with Gasteiger partial charge in [-0.25, -0.2) is 0 Å². The first-order valence-electron chi connectivity index (χ1n) is 5.76. The van der Waals surface area contributed by atoms with Gasteiger partial charge in [-0.2, -0.15) is 0 Å². The molecule has 1 rings (SSSR count). The zero-order valence-electron chi connectivity index (χ0n) is 10.5. The van der Waals surface area contributed by atoms with Crippen LogP contribution in [0.2, 0.25) is 0 Å². The van der Waals surface area contributed by atoms with E-state index in [4.69, 9.17) is 4.74 Å². The standard InChI is InChI=1S/C12H22N2O2/c1-5-13-11-8-16-7-10(11)12(15)14(4)6-9(2)3/h10-11,13H,2,5-8H2,1,3-4H3. The third kappa shape index (κ3) is 3.32. The van der Waals surface area contributed by atoms with Crippen LogP contribution in [0.4, 0.5) is 0 Å². The molecule has 0 aromatic rings. The van der Waals surface area contributed by atoms with Crippen molar-refractivity contribution in [3.8, 4) is 0 Å². The third-order valence-corrected chi connectivity index (χ3v) is 2.75. The van der Waals surface area contributed by atoms with Crippen LogP contribution in [0, 0.1) is 5.92 Å². The molecular formula is C12H22N2O2. The first kappa shape index (κ1) is 13.2. The molecule has 0 aromatic carbocycles. The van der Waals surface area contributed by atoms with Crippen molar-refractivity contribution in [3.63, 3.8) is 0 Å². The second kappa shape index (κ2) is 6.01. The van der Waals surface area contributed by atoms with E-state index >= 15 is 0 Å². The normalized spacial score (nSPS) is 24.4. The van der Waals surface area contributed by atoms with Gasteiger partial charge in [-0.15, -0.1) is 0 Å². The molecule has 4 heteroatoms. The van der Waals surface area contributed by atoms with Crippen LogP contribution in [-0.4, -0.2) is 50.2 Å². The number of amides is 1. The number of nitrogens with zero attached hydrogens (tertiary/aromatic N) is 1. The average Bonchev–Trinajstić information content (AvgIpc) is 2.64. The summed E-state index contributed by atoms with van der Waals surface area (Å²) in [6, 6.07) is 0.157. The fourth-order valence-electron chi connectivity index (χ4n) is 2.03. The van der Waals surface area contributed by atoms with Gasteiger partial charge in [-0.3, -0.25) is 4.79 Å². The molecular weight excluding hydrogens is 204 g/mol. The molecule has 0 aromatic heterocycles. The predicted octanol–water partition coefficient (Wildman–Crippen LogP) is 0.645. The van der Waals surface area contributed by atoms with Crippen molar-refractivity contribution < 1.29 is 9.53 Å². The number of ether oxygens (including phenoxy) is 1. The van der Waals surface area contributed by atoms with Crippen LogP contribution >= 0.6 is 0 Å². The van der Waals surface area contributed by atoms with E-state index in [0.717, 1.165) is 12.1 Å². The lowest BCUT2D eigenvalue weighted by atomic mass is 10.0. The lowest BCUT2D eigenvalue weighted by molar-refractivity contribution is -0.134. The Labute approximate surface area is 97.6 Å². The van der Waals surface area contributed by atoms with Crippen molar-refractivity contribution in [3.05, 3.63) is 12.2 Å². The fraction of sp³-hybridized carbons (Fsp3) is 0.750. The zero-order chi connectivity index (χ0) is 12.1. The molecule has 1 amide bonds. The second-order valence-electron chi connectivity index (χ2n) is 4.46. The Morgan fingerprint density at radius 1 is 1.56 bits per heavy atom. The number of hydrogen-bond donors (Lipinski definition) is 1. The summed E-state index contributed by atoms with van der Waals surface area (Å²) in [5.41, 5.74) is 0.995. The topological polar surface area (TPSA) is 41.6 Å². The number of carbonyl (C=O) groups excluding carboxylic acids is 1. The predicted molar refractivity (Wildman–Crippen MR) is 64.2 cm³/mol. The molecule has 1 fully saturated rings. The van der Waals surface area contributed by atoms with Gasteiger partial charge in [0.05, 0.1) is 19.1 Å². The van der Waals surface area contributed by atoms with E-state index in [-0.39, 0.29) is 17.9 Å². The van der Waals surface area contributed by atoms with Crippen molar-refractivity contribution in [2.24, 2.45) is 5.92 Å². The number of nitrogens with one attached hydrogen (secondary N) is 1. The van der Waals surface area contributed by atoms with Crippen LogP contribution in [0.25, 0.3) is 0 Å². The minimum Gasteiger partial charge on any atom is -0.379 e. The minimum atomic E-state index is -0.0516. The molecule has 0 aliphatic carbocycles. The number of carbonyl (C=O) groups is 1. The van der Waals surface area contributed by atoms with Gasteiger partial charge in [0, 0.05) is 19.6 Å². The summed E-state index contributed by atoms with van der Waals surface area (Å²) in [6.07, 6.45) is 0. The smallest absolute Gasteiger partial charge is 0.229 e. The van der Waals surface area contributed by atoms with E-state index in [1.165, 1.54) is 0 Å². The highest BCUT2D eigenvalue weighted by Gasteiger charge is 2.34. The Balaban J connectivity index is 2.54. The SMILES string of the molecule is C=C(C)CN(C)C(=O)C1COCC1NCC. The Hall–Kier alpha value is -0.870. The summed E-state index contributed by atoms with van der Waals surface area (Å²) < 4.78 is 5.37. The van der Waals surface area contributed by atoms with Crippen LogP contribution in [-0.2, 0) is 9.53 Å². The maximum atomic E-state index is 12.1. The molecule has 1 saturated heterocycles. The lowest BCUT2D eigenvalue weighted by Crippen LogP contribution is -2.44. The highest BCUT2D eigenvalue weighted by molar-refractivity contribution is 5.80. The number of likely N-dealkylation sites (N-methyl/N-ethyl adjacent to an activating group) is 2. The fourth-order valence-corrected chi connectivity index (χ4v) is 2.03. The average molecular weight is 226 g/mol. The molecule has 0 spiro atoms. The minimum absolute atomic E-state index is 0.0516. The summed E-state index contributed by atoms with van der Waals surface area (Å²) in [5.74, 6) is 0.0933. The van der Waals surface area contributed by atoms with Gasteiger partial charge in [-0.05, 0) is 13.5 Å². The van der Waals surface area contributed by atoms with Gasteiger partial charge in [0.25, 0.3) is 0 Å². The van der Waals surface area contributed by atoms with Gasteiger partial charge in [0.1, 0.15) is 0 Å². The Bertz CT molecular complexity index is 266. The summed E-state index contributed by atoms with van der Waals surface area (Å²) >= 11 is 0. The number of hydrogen-bond acceptors (Lipinski definition) is 3. The van der Waals surface area contributed by atoms with Crippen molar-refractivity contribution >= 4 is 5.91 Å². The highest BCUT2D eigenvalue weighted by Crippen LogP contribution is 2.16. The first-order valence-corrected chi connectivity index (χ1v) is 5.76. The molecule has 1 aliphatic rings. The summed E-state index contributed by atoms with van der Waals surface area (Å²) in [5, 5.41) is 3.29. The summed E-state index contributed by atoms with van der Waals surface area (Å²) in [6.45, 7) is 10.4. The van der Waals surface area contributed by atoms with Crippen LogP contribution in [0.5, 0.6) is 0 Å². The molecule has 92 valence electrons. The quantitative estimate of drug-likeness (QED) is 0.700. The van der Waals surface area contributed by atoms with Crippen molar-refractivity contribution in [2.45, 2.75) is 19.9 Å². The molecule has 2 unspecified atom stereocenters. The molecule has 0 radical (unpaired) electrons. The maximum Gasteiger partial charge on any atom is 0.229 e. The van der Waals surface area contributed by atoms with Gasteiger partial charge >= 0.3 is 0 Å². The molecule has 1 aliphatic heterocycles. The molecule has 4 nitrogen and oxygen atoms in total. The highest BCUT2D eigenvalue weighted by atomic mass is 16.5. The van der Waals surface area contributed by atoms with E-state index in [0.29, 0.717) is 19.8 Å². The van der Waals surface area contributed by atoms with E-state index in [9.17, 15) is 4.79 Å². The van der Waals surface area contributed by atoms with Gasteiger partial charge < -0.3 is 15.0 Å². The second-order valence-corrected chi connectivity index (χ2v) is 4.46. The van der Waals surface area contributed by atoms with E-state index in [1.807, 2.05) is 20.9 Å². The third-order valence-electron chi connectivity index (χ3n) is 2.75. The molecule has 1 N–H and O–H groups in total. The van der Waals surface area contributed by atoms with Crippen LogP contribution in [0.1, 0.15) is 13.8 Å². The summed E-state index contributed by atoms with van der Waals surface area (Å²) in [7, 11) is 1.82. The van der Waals surface area contributed by atoms with Crippen LogP contribution in [0.3, 0.4) is 0 Å². The van der Waals surface area contributed by atoms with E-state index < -0.39 is 0 Å². The van der Waals surface area contributed by atoms with Crippen molar-refractivity contribution in [2.75, 3.05) is 33.4 Å². The van der Waals surface area contributed by atoms with Crippen LogP contribution < -0.4 is 5.32 Å². The van der Waals surface area contributed by atoms with Gasteiger partial charge in [0.2, 0.25) is 5.91 Å². The van der Waals surface area contributed by atoms with Crippen LogP contribution in [0.15, 0.2) is 12.2 Å². The molecule has 2 atom stereocenters. The summed E-state index contributed by atoms with van der Waals surface area (Å²) in [4.78, 5) is 13.9. The molecule has 0 saturated carbocycles. The van der Waals surface area contributed by atoms with E-state index in [2.05, 4.69) is 11.9 Å². The molecule has 1 heterocycles. The first-order chi connectivity index (χ1) is 7.56. The largest absolute Gasteiger partial charge is 0.379 e. The van der Waals surface area contributed by atoms with Gasteiger partial charge in [0.15, 0.2) is 0 Å². The zero-order valence-corrected chi connectivity index (χ0v) is 10.5. The Kier molecular flexibility index (Phi) is 4.96. The Morgan fingerprint density at radius 3 is 2.81 bits per heavy atom. The number of rotatable bonds is 5. The lowest BCUT2D eigenvalue weighted by Gasteiger charge is -2.24. The van der Waals surface area contributed by atoms with Crippen molar-refractivity contribution in [1.82, 2.24) is 10.2 Å². The monoisotopic (exact) mass is 226 g/mol. The van der Waals surface area contributed by atoms with Crippen molar-refractivity contribution in [1.29, 1.82) is 0 Å². The van der Waals surface area contributed by atoms with Gasteiger partial charge in [-0.1, -0.05) is 19.1 Å².